The van der Waals surface area contributed by atoms with Gasteiger partial charge >= 0.3 is 6.09 Å². The zero-order chi connectivity index (χ0) is 16.5. The van der Waals surface area contributed by atoms with Crippen molar-refractivity contribution in [2.45, 2.75) is 40.2 Å². The second kappa shape index (κ2) is 9.04. The van der Waals surface area contributed by atoms with Crippen LogP contribution in [0.3, 0.4) is 0 Å². The van der Waals surface area contributed by atoms with Crippen molar-refractivity contribution in [1.82, 2.24) is 5.48 Å². The number of hydrogen-bond acceptors (Lipinski definition) is 4. The fourth-order valence-electron chi connectivity index (χ4n) is 1.73. The number of aryl methyl sites for hydroxylation is 1. The molecule has 0 heterocycles. The van der Waals surface area contributed by atoms with Crippen molar-refractivity contribution in [3.8, 4) is 0 Å². The molecule has 0 saturated heterocycles. The Morgan fingerprint density at radius 1 is 1.18 bits per heavy atom. The number of carbonyl (C=O) groups excluding carboxylic acids is 2. The Kier molecular flexibility index (Phi) is 7.39. The lowest BCUT2D eigenvalue weighted by atomic mass is 10.0. The van der Waals surface area contributed by atoms with Crippen LogP contribution in [0, 0.1) is 12.8 Å². The molecule has 6 nitrogen and oxygen atoms in total. The molecule has 0 aliphatic rings. The van der Waals surface area contributed by atoms with Crippen LogP contribution in [0.1, 0.15) is 32.8 Å². The summed E-state index contributed by atoms with van der Waals surface area (Å²) in [5.74, 6) is -0.112. The van der Waals surface area contributed by atoms with Crippen LogP contribution in [0.4, 0.5) is 10.5 Å². The van der Waals surface area contributed by atoms with Gasteiger partial charge in [0.15, 0.2) is 0 Å². The first kappa shape index (κ1) is 18.0. The number of carbonyl (C=O) groups is 2. The molecule has 6 heteroatoms. The number of benzene rings is 1. The maximum Gasteiger partial charge on any atom is 0.431 e. The van der Waals surface area contributed by atoms with E-state index in [9.17, 15) is 9.59 Å². The van der Waals surface area contributed by atoms with Gasteiger partial charge in [-0.25, -0.2) is 4.79 Å². The van der Waals surface area contributed by atoms with Gasteiger partial charge in [-0.05, 0) is 31.9 Å². The molecule has 0 aliphatic carbocycles. The molecule has 0 aromatic heterocycles. The molecule has 1 atom stereocenters. The summed E-state index contributed by atoms with van der Waals surface area (Å²) < 4.78 is 4.71. The lowest BCUT2D eigenvalue weighted by molar-refractivity contribution is -0.122. The molecule has 0 unspecified atom stereocenters. The van der Waals surface area contributed by atoms with Gasteiger partial charge in [0.05, 0.1) is 19.1 Å². The quantitative estimate of drug-likeness (QED) is 0.759. The SMILES string of the molecule is CCOC(=O)NO[C@@H](CC(=O)Nc1ccc(C)cc1)C(C)C. The number of ether oxygens (including phenoxy) is 1. The molecule has 0 bridgehead atoms. The Morgan fingerprint density at radius 2 is 1.82 bits per heavy atom. The first-order valence-corrected chi connectivity index (χ1v) is 7.37. The predicted octanol–water partition coefficient (Wildman–Crippen LogP) is 3.03. The smallest absolute Gasteiger partial charge is 0.431 e. The minimum absolute atomic E-state index is 0.0608. The average Bonchev–Trinajstić information content (AvgIpc) is 2.46. The van der Waals surface area contributed by atoms with E-state index in [-0.39, 0.29) is 24.9 Å². The maximum atomic E-state index is 12.0. The predicted molar refractivity (Wildman–Crippen MR) is 84.3 cm³/mol. The van der Waals surface area contributed by atoms with Gasteiger partial charge in [-0.15, -0.1) is 0 Å². The van der Waals surface area contributed by atoms with Crippen molar-refractivity contribution in [1.29, 1.82) is 0 Å². The Balaban J connectivity index is 2.49. The van der Waals surface area contributed by atoms with Gasteiger partial charge in [-0.1, -0.05) is 31.5 Å². The van der Waals surface area contributed by atoms with Crippen LogP contribution in [0.25, 0.3) is 0 Å². The lowest BCUT2D eigenvalue weighted by Crippen LogP contribution is -2.35. The monoisotopic (exact) mass is 308 g/mol. The van der Waals surface area contributed by atoms with Gasteiger partial charge in [0, 0.05) is 5.69 Å². The molecule has 2 N–H and O–H groups in total. The van der Waals surface area contributed by atoms with Crippen LogP contribution in [-0.2, 0) is 14.4 Å². The summed E-state index contributed by atoms with van der Waals surface area (Å²) in [4.78, 5) is 28.5. The summed E-state index contributed by atoms with van der Waals surface area (Å²) in [5.41, 5.74) is 4.06. The number of hydroxylamine groups is 1. The molecule has 1 aromatic carbocycles. The Morgan fingerprint density at radius 3 is 2.36 bits per heavy atom. The normalized spacial score (nSPS) is 11.9. The van der Waals surface area contributed by atoms with Gasteiger partial charge in [0.1, 0.15) is 0 Å². The maximum absolute atomic E-state index is 12.0. The van der Waals surface area contributed by atoms with Crippen molar-refractivity contribution >= 4 is 17.7 Å². The third-order valence-electron chi connectivity index (χ3n) is 3.03. The molecule has 0 radical (unpaired) electrons. The number of amides is 2. The molecule has 1 aromatic rings. The molecular weight excluding hydrogens is 284 g/mol. The second-order valence-corrected chi connectivity index (χ2v) is 5.34. The van der Waals surface area contributed by atoms with E-state index in [4.69, 9.17) is 9.57 Å². The third kappa shape index (κ3) is 6.58. The van der Waals surface area contributed by atoms with Crippen LogP contribution >= 0.6 is 0 Å². The number of rotatable bonds is 7. The topological polar surface area (TPSA) is 76.7 Å². The highest BCUT2D eigenvalue weighted by Gasteiger charge is 2.20. The average molecular weight is 308 g/mol. The molecule has 0 aliphatic heterocycles. The molecule has 0 saturated carbocycles. The summed E-state index contributed by atoms with van der Waals surface area (Å²) in [5, 5.41) is 2.80. The third-order valence-corrected chi connectivity index (χ3v) is 3.03. The van der Waals surface area contributed by atoms with E-state index in [0.717, 1.165) is 11.3 Å². The molecule has 2 amide bonds. The van der Waals surface area contributed by atoms with E-state index < -0.39 is 12.2 Å². The van der Waals surface area contributed by atoms with E-state index in [0.29, 0.717) is 0 Å². The Hall–Kier alpha value is -2.08. The highest BCUT2D eigenvalue weighted by molar-refractivity contribution is 5.91. The molecule has 0 spiro atoms. The number of hydrogen-bond donors (Lipinski definition) is 2. The minimum atomic E-state index is -0.660. The standard InChI is InChI=1S/C16H24N2O4/c1-5-21-16(20)18-22-14(11(2)3)10-15(19)17-13-8-6-12(4)7-9-13/h6-9,11,14H,5,10H2,1-4H3,(H,17,19)(H,18,20)/t14-/m0/s1. The van der Waals surface area contributed by atoms with Crippen LogP contribution < -0.4 is 10.8 Å². The van der Waals surface area contributed by atoms with Gasteiger partial charge in [-0.2, -0.15) is 5.48 Å². The fourth-order valence-corrected chi connectivity index (χ4v) is 1.73. The number of nitrogens with one attached hydrogen (secondary N) is 2. The van der Waals surface area contributed by atoms with Crippen molar-refractivity contribution in [2.75, 3.05) is 11.9 Å². The molecular formula is C16H24N2O4. The molecule has 22 heavy (non-hydrogen) atoms. The molecule has 1 rings (SSSR count). The largest absolute Gasteiger partial charge is 0.448 e. The minimum Gasteiger partial charge on any atom is -0.448 e. The first-order valence-electron chi connectivity index (χ1n) is 7.37. The van der Waals surface area contributed by atoms with E-state index in [1.165, 1.54) is 0 Å². The van der Waals surface area contributed by atoms with Crippen LogP contribution in [-0.4, -0.2) is 24.7 Å². The van der Waals surface area contributed by atoms with E-state index >= 15 is 0 Å². The van der Waals surface area contributed by atoms with Crippen molar-refractivity contribution in [2.24, 2.45) is 5.92 Å². The highest BCUT2D eigenvalue weighted by Crippen LogP contribution is 2.13. The van der Waals surface area contributed by atoms with Crippen molar-refractivity contribution in [3.05, 3.63) is 29.8 Å². The number of anilines is 1. The van der Waals surface area contributed by atoms with Crippen LogP contribution in [0.5, 0.6) is 0 Å². The first-order chi connectivity index (χ1) is 10.4. The van der Waals surface area contributed by atoms with Gasteiger partial charge in [-0.3, -0.25) is 9.63 Å². The summed E-state index contributed by atoms with van der Waals surface area (Å²) in [6, 6.07) is 7.54. The highest BCUT2D eigenvalue weighted by atomic mass is 16.7. The fraction of sp³-hybridized carbons (Fsp3) is 0.500. The van der Waals surface area contributed by atoms with Crippen LogP contribution in [0.2, 0.25) is 0 Å². The second-order valence-electron chi connectivity index (χ2n) is 5.34. The Labute approximate surface area is 131 Å². The van der Waals surface area contributed by atoms with Gasteiger partial charge < -0.3 is 10.1 Å². The molecule has 122 valence electrons. The summed E-state index contributed by atoms with van der Waals surface area (Å²) in [6.45, 7) is 7.77. The summed E-state index contributed by atoms with van der Waals surface area (Å²) in [6.07, 6.45) is -0.959. The summed E-state index contributed by atoms with van der Waals surface area (Å²) in [7, 11) is 0. The van der Waals surface area contributed by atoms with Crippen molar-refractivity contribution in [3.63, 3.8) is 0 Å². The van der Waals surface area contributed by atoms with Gasteiger partial charge in [0.2, 0.25) is 5.91 Å². The van der Waals surface area contributed by atoms with Gasteiger partial charge in [0.25, 0.3) is 0 Å². The summed E-state index contributed by atoms with van der Waals surface area (Å²) >= 11 is 0. The zero-order valence-electron chi connectivity index (χ0n) is 13.5. The van der Waals surface area contributed by atoms with E-state index in [1.807, 2.05) is 45.0 Å². The Bertz CT molecular complexity index is 485. The van der Waals surface area contributed by atoms with E-state index in [2.05, 4.69) is 10.8 Å². The molecule has 0 fully saturated rings. The van der Waals surface area contributed by atoms with Crippen molar-refractivity contribution < 1.29 is 19.2 Å². The van der Waals surface area contributed by atoms with E-state index in [1.54, 1.807) is 6.92 Å². The lowest BCUT2D eigenvalue weighted by Gasteiger charge is -2.20. The zero-order valence-corrected chi connectivity index (χ0v) is 13.5. The van der Waals surface area contributed by atoms with Crippen LogP contribution in [0.15, 0.2) is 24.3 Å².